The molecule has 0 radical (unpaired) electrons. The van der Waals surface area contributed by atoms with Crippen LogP contribution in [0.4, 0.5) is 0 Å². The average Bonchev–Trinajstić information content (AvgIpc) is 2.73. The molecule has 8 nitrogen and oxygen atoms in total. The van der Waals surface area contributed by atoms with E-state index in [2.05, 4.69) is 26.5 Å². The molecule has 0 aromatic heterocycles. The number of amides is 1. The van der Waals surface area contributed by atoms with Crippen LogP contribution in [0, 0.1) is 0 Å². The van der Waals surface area contributed by atoms with Gasteiger partial charge in [-0.2, -0.15) is 5.10 Å². The molecule has 31 heavy (non-hydrogen) atoms. The molecule has 0 unspecified atom stereocenters. The van der Waals surface area contributed by atoms with Gasteiger partial charge < -0.3 is 18.9 Å². The molecule has 0 fully saturated rings. The first kappa shape index (κ1) is 24.5. The fourth-order valence-electron chi connectivity index (χ4n) is 2.48. The fraction of sp³-hybridized carbons (Fsp3) is 0.286. The summed E-state index contributed by atoms with van der Waals surface area (Å²) >= 11 is 9.62. The summed E-state index contributed by atoms with van der Waals surface area (Å²) in [5.41, 5.74) is 3.32. The lowest BCUT2D eigenvalue weighted by Crippen LogP contribution is -2.18. The zero-order valence-electron chi connectivity index (χ0n) is 17.2. The van der Waals surface area contributed by atoms with Crippen molar-refractivity contribution < 1.29 is 28.5 Å². The predicted molar refractivity (Wildman–Crippen MR) is 121 cm³/mol. The first-order valence-electron chi connectivity index (χ1n) is 9.31. The number of methoxy groups -OCH3 is 1. The third-order valence-electron chi connectivity index (χ3n) is 3.76. The summed E-state index contributed by atoms with van der Waals surface area (Å²) in [4.78, 5) is 24.0. The third-order valence-corrected chi connectivity index (χ3v) is 4.53. The molecule has 2 aromatic rings. The van der Waals surface area contributed by atoms with E-state index in [4.69, 9.17) is 30.5 Å². The summed E-state index contributed by atoms with van der Waals surface area (Å²) in [7, 11) is 1.48. The molecule has 10 heteroatoms. The highest BCUT2D eigenvalue weighted by Gasteiger charge is 2.15. The lowest BCUT2D eigenvalue weighted by molar-refractivity contribution is -0.145. The Kier molecular flexibility index (Phi) is 9.61. The van der Waals surface area contributed by atoms with Gasteiger partial charge in [0, 0.05) is 4.47 Å². The molecule has 0 aliphatic heterocycles. The van der Waals surface area contributed by atoms with Gasteiger partial charge in [0.2, 0.25) is 0 Å². The summed E-state index contributed by atoms with van der Waals surface area (Å²) in [5, 5.41) is 4.19. The Labute approximate surface area is 193 Å². The first-order chi connectivity index (χ1) is 14.9. The van der Waals surface area contributed by atoms with Gasteiger partial charge in [-0.3, -0.25) is 4.79 Å². The molecule has 0 spiro atoms. The maximum absolute atomic E-state index is 12.4. The van der Waals surface area contributed by atoms with Gasteiger partial charge in [0.1, 0.15) is 5.75 Å². The minimum Gasteiger partial charge on any atom is -0.496 e. The number of esters is 1. The van der Waals surface area contributed by atoms with E-state index in [0.717, 1.165) is 4.47 Å². The minimum absolute atomic E-state index is 0.219. The molecule has 2 aromatic carbocycles. The summed E-state index contributed by atoms with van der Waals surface area (Å²) in [6.07, 6.45) is 1.41. The zero-order chi connectivity index (χ0) is 22.8. The van der Waals surface area contributed by atoms with Gasteiger partial charge in [0.15, 0.2) is 18.1 Å². The Bertz CT molecular complexity index is 967. The molecule has 0 atom stereocenters. The summed E-state index contributed by atoms with van der Waals surface area (Å²) in [6.45, 7) is 3.81. The van der Waals surface area contributed by atoms with Crippen molar-refractivity contribution in [3.05, 3.63) is 51.0 Å². The number of hydrazone groups is 1. The maximum atomic E-state index is 12.4. The van der Waals surface area contributed by atoms with Crippen LogP contribution in [-0.2, 0) is 9.53 Å². The van der Waals surface area contributed by atoms with Crippen molar-refractivity contribution >= 4 is 45.6 Å². The topological polar surface area (TPSA) is 95.5 Å². The highest BCUT2D eigenvalue weighted by atomic mass is 79.9. The van der Waals surface area contributed by atoms with Crippen LogP contribution in [0.25, 0.3) is 0 Å². The Balaban J connectivity index is 2.15. The lowest BCUT2D eigenvalue weighted by atomic mass is 10.2. The summed E-state index contributed by atoms with van der Waals surface area (Å²) < 4.78 is 21.8. The number of carbonyl (C=O) groups excluding carboxylic acids is 2. The van der Waals surface area contributed by atoms with Crippen molar-refractivity contribution in [2.24, 2.45) is 5.10 Å². The molecule has 1 amide bonds. The highest BCUT2D eigenvalue weighted by Crippen LogP contribution is 2.36. The van der Waals surface area contributed by atoms with Gasteiger partial charge in [-0.15, -0.1) is 0 Å². The number of ether oxygens (including phenoxy) is 4. The Morgan fingerprint density at radius 3 is 2.58 bits per heavy atom. The molecule has 2 rings (SSSR count). The Hall–Kier alpha value is -2.78. The van der Waals surface area contributed by atoms with E-state index in [1.165, 1.54) is 13.3 Å². The second kappa shape index (κ2) is 12.2. The van der Waals surface area contributed by atoms with E-state index in [9.17, 15) is 9.59 Å². The van der Waals surface area contributed by atoms with Crippen LogP contribution in [0.2, 0.25) is 5.02 Å². The SMILES string of the molecule is CCOC(=O)COc1c(Cl)cc(/C=N\NC(=O)c2cc(Br)ccc2OC)cc1OCC. The first-order valence-corrected chi connectivity index (χ1v) is 10.5. The molecular formula is C21H22BrClN2O6. The van der Waals surface area contributed by atoms with Crippen LogP contribution in [0.3, 0.4) is 0 Å². The van der Waals surface area contributed by atoms with Crippen molar-refractivity contribution in [1.29, 1.82) is 0 Å². The van der Waals surface area contributed by atoms with Gasteiger partial charge in [0.25, 0.3) is 5.91 Å². The minimum atomic E-state index is -0.516. The number of halogens is 2. The number of hydrogen-bond acceptors (Lipinski definition) is 7. The zero-order valence-corrected chi connectivity index (χ0v) is 19.6. The molecule has 1 N–H and O–H groups in total. The van der Waals surface area contributed by atoms with Crippen LogP contribution in [-0.4, -0.2) is 45.0 Å². The van der Waals surface area contributed by atoms with Crippen molar-refractivity contribution in [1.82, 2.24) is 5.43 Å². The van der Waals surface area contributed by atoms with Gasteiger partial charge >= 0.3 is 5.97 Å². The number of hydrogen-bond donors (Lipinski definition) is 1. The molecule has 0 saturated carbocycles. The van der Waals surface area contributed by atoms with Crippen LogP contribution < -0.4 is 19.6 Å². The van der Waals surface area contributed by atoms with Gasteiger partial charge in [-0.1, -0.05) is 27.5 Å². The van der Waals surface area contributed by atoms with Crippen LogP contribution in [0.5, 0.6) is 17.2 Å². The van der Waals surface area contributed by atoms with Crippen molar-refractivity contribution in [3.63, 3.8) is 0 Å². The Morgan fingerprint density at radius 1 is 1.13 bits per heavy atom. The largest absolute Gasteiger partial charge is 0.496 e. The summed E-state index contributed by atoms with van der Waals surface area (Å²) in [5.74, 6) is 0.00954. The number of rotatable bonds is 10. The van der Waals surface area contributed by atoms with Gasteiger partial charge in [0.05, 0.1) is 37.1 Å². The molecule has 0 heterocycles. The number of nitrogens with one attached hydrogen (secondary N) is 1. The third kappa shape index (κ3) is 7.15. The second-order valence-corrected chi connectivity index (χ2v) is 7.22. The van der Waals surface area contributed by atoms with Crippen LogP contribution in [0.15, 0.2) is 39.9 Å². The van der Waals surface area contributed by atoms with E-state index in [-0.39, 0.29) is 24.0 Å². The van der Waals surface area contributed by atoms with Crippen LogP contribution in [0.1, 0.15) is 29.8 Å². The number of carbonyl (C=O) groups is 2. The van der Waals surface area contributed by atoms with Crippen molar-refractivity contribution in [2.75, 3.05) is 26.9 Å². The van der Waals surface area contributed by atoms with Gasteiger partial charge in [-0.25, -0.2) is 10.2 Å². The number of nitrogens with zero attached hydrogens (tertiary/aromatic N) is 1. The summed E-state index contributed by atoms with van der Waals surface area (Å²) in [6, 6.07) is 8.27. The quantitative estimate of drug-likeness (QED) is 0.290. The smallest absolute Gasteiger partial charge is 0.344 e. The number of benzene rings is 2. The van der Waals surface area contributed by atoms with Gasteiger partial charge in [-0.05, 0) is 49.7 Å². The molecule has 166 valence electrons. The standard InChI is InChI=1S/C21H22BrClN2O6/c1-4-29-18-9-13(8-16(23)20(18)31-12-19(26)30-5-2)11-24-25-21(27)15-10-14(22)6-7-17(15)28-3/h6-11H,4-5,12H2,1-3H3,(H,25,27)/b24-11-. The monoisotopic (exact) mass is 512 g/mol. The second-order valence-electron chi connectivity index (χ2n) is 5.90. The van der Waals surface area contributed by atoms with E-state index < -0.39 is 11.9 Å². The normalized spacial score (nSPS) is 10.6. The molecule has 0 saturated heterocycles. The van der Waals surface area contributed by atoms with Crippen LogP contribution >= 0.6 is 27.5 Å². The highest BCUT2D eigenvalue weighted by molar-refractivity contribution is 9.10. The van der Waals surface area contributed by atoms with Crippen molar-refractivity contribution in [2.45, 2.75) is 13.8 Å². The average molecular weight is 514 g/mol. The molecule has 0 aliphatic carbocycles. The van der Waals surface area contributed by atoms with E-state index >= 15 is 0 Å². The lowest BCUT2D eigenvalue weighted by Gasteiger charge is -2.14. The van der Waals surface area contributed by atoms with E-state index in [1.807, 2.05) is 0 Å². The molecule has 0 bridgehead atoms. The van der Waals surface area contributed by atoms with E-state index in [0.29, 0.717) is 29.2 Å². The van der Waals surface area contributed by atoms with E-state index in [1.54, 1.807) is 44.2 Å². The Morgan fingerprint density at radius 2 is 1.90 bits per heavy atom. The predicted octanol–water partition coefficient (Wildman–Crippen LogP) is 4.22. The molecule has 0 aliphatic rings. The van der Waals surface area contributed by atoms with Crippen molar-refractivity contribution in [3.8, 4) is 17.2 Å². The maximum Gasteiger partial charge on any atom is 0.344 e. The fourth-order valence-corrected chi connectivity index (χ4v) is 3.12. The molecular weight excluding hydrogens is 492 g/mol.